The zero-order valence-corrected chi connectivity index (χ0v) is 11.3. The predicted molar refractivity (Wildman–Crippen MR) is 69.0 cm³/mol. The second-order valence-electron chi connectivity index (χ2n) is 5.00. The van der Waals surface area contributed by atoms with Crippen molar-refractivity contribution in [3.05, 3.63) is 29.1 Å². The molecule has 0 saturated carbocycles. The Bertz CT molecular complexity index is 530. The molecule has 0 aromatic heterocycles. The first-order chi connectivity index (χ1) is 8.79. The van der Waals surface area contributed by atoms with E-state index < -0.39 is 17.3 Å². The largest absolute Gasteiger partial charge is 0.343 e. The molecule has 5 nitrogen and oxygen atoms in total. The van der Waals surface area contributed by atoms with Crippen LogP contribution in [0.2, 0.25) is 0 Å². The Morgan fingerprint density at radius 2 is 2.05 bits per heavy atom. The molecule has 0 bridgehead atoms. The van der Waals surface area contributed by atoms with Crippen LogP contribution in [0.3, 0.4) is 0 Å². The number of benzene rings is 1. The summed E-state index contributed by atoms with van der Waals surface area (Å²) >= 11 is 0. The Labute approximate surface area is 111 Å². The van der Waals surface area contributed by atoms with Crippen LogP contribution >= 0.6 is 0 Å². The summed E-state index contributed by atoms with van der Waals surface area (Å²) < 4.78 is 14.0. The minimum Gasteiger partial charge on any atom is -0.303 e. The molecule has 0 heterocycles. The predicted octanol–water partition coefficient (Wildman–Crippen LogP) is 2.68. The Balaban J connectivity index is 3.29. The number of nitriles is 1. The molecule has 0 atom stereocenters. The molecular formula is C13H16FN3O2. The number of hydrogen-bond acceptors (Lipinski definition) is 3. The van der Waals surface area contributed by atoms with E-state index in [9.17, 15) is 9.18 Å². The van der Waals surface area contributed by atoms with Gasteiger partial charge in [-0.3, -0.25) is 4.84 Å². The van der Waals surface area contributed by atoms with Gasteiger partial charge in [0.05, 0.1) is 24.4 Å². The third kappa shape index (κ3) is 3.66. The van der Waals surface area contributed by atoms with Gasteiger partial charge in [0.2, 0.25) is 0 Å². The molecule has 19 heavy (non-hydrogen) atoms. The maximum atomic E-state index is 14.0. The minimum absolute atomic E-state index is 0.0426. The summed E-state index contributed by atoms with van der Waals surface area (Å²) in [5.74, 6) is -0.657. The van der Waals surface area contributed by atoms with Gasteiger partial charge in [-0.05, 0) is 23.1 Å². The van der Waals surface area contributed by atoms with Crippen molar-refractivity contribution in [2.24, 2.45) is 0 Å². The summed E-state index contributed by atoms with van der Waals surface area (Å²) in [7, 11) is 1.28. The summed E-state index contributed by atoms with van der Waals surface area (Å²) in [6.07, 6.45) is 0. The number of hydroxylamine groups is 1. The number of carbonyl (C=O) groups is 1. The molecule has 2 N–H and O–H groups in total. The van der Waals surface area contributed by atoms with Gasteiger partial charge in [0.15, 0.2) is 0 Å². The molecule has 2 amide bonds. The fourth-order valence-corrected chi connectivity index (χ4v) is 1.62. The van der Waals surface area contributed by atoms with Crippen LogP contribution in [0, 0.1) is 17.1 Å². The molecule has 0 unspecified atom stereocenters. The number of anilines is 1. The molecule has 1 rings (SSSR count). The van der Waals surface area contributed by atoms with E-state index in [-0.39, 0.29) is 11.3 Å². The van der Waals surface area contributed by atoms with Gasteiger partial charge in [0.1, 0.15) is 5.82 Å². The van der Waals surface area contributed by atoms with E-state index in [0.717, 1.165) is 6.07 Å². The van der Waals surface area contributed by atoms with Crippen LogP contribution in [0.15, 0.2) is 12.1 Å². The zero-order valence-electron chi connectivity index (χ0n) is 11.3. The van der Waals surface area contributed by atoms with Crippen LogP contribution in [0.25, 0.3) is 0 Å². The lowest BCUT2D eigenvalue weighted by Gasteiger charge is -2.23. The summed E-state index contributed by atoms with van der Waals surface area (Å²) in [5, 5.41) is 11.3. The molecule has 0 aliphatic carbocycles. The van der Waals surface area contributed by atoms with Crippen molar-refractivity contribution in [1.82, 2.24) is 5.48 Å². The van der Waals surface area contributed by atoms with E-state index in [1.807, 2.05) is 32.3 Å². The van der Waals surface area contributed by atoms with Crippen molar-refractivity contribution in [2.45, 2.75) is 26.2 Å². The van der Waals surface area contributed by atoms with E-state index in [1.54, 1.807) is 6.07 Å². The highest BCUT2D eigenvalue weighted by Gasteiger charge is 2.23. The van der Waals surface area contributed by atoms with Gasteiger partial charge in [-0.2, -0.15) is 5.26 Å². The van der Waals surface area contributed by atoms with Gasteiger partial charge >= 0.3 is 6.03 Å². The zero-order chi connectivity index (χ0) is 14.6. The van der Waals surface area contributed by atoms with Gasteiger partial charge in [0, 0.05) is 0 Å². The fourth-order valence-electron chi connectivity index (χ4n) is 1.62. The second kappa shape index (κ2) is 5.67. The van der Waals surface area contributed by atoms with Crippen molar-refractivity contribution in [3.63, 3.8) is 0 Å². The lowest BCUT2D eigenvalue weighted by molar-refractivity contribution is 0.114. The first kappa shape index (κ1) is 14.9. The van der Waals surface area contributed by atoms with Crippen molar-refractivity contribution in [3.8, 4) is 6.07 Å². The third-order valence-corrected chi connectivity index (χ3v) is 2.46. The van der Waals surface area contributed by atoms with Crippen LogP contribution in [-0.2, 0) is 10.3 Å². The van der Waals surface area contributed by atoms with Gasteiger partial charge < -0.3 is 5.32 Å². The van der Waals surface area contributed by atoms with Crippen LogP contribution in [0.1, 0.15) is 31.9 Å². The number of rotatable bonds is 2. The summed E-state index contributed by atoms with van der Waals surface area (Å²) in [6.45, 7) is 5.59. The van der Waals surface area contributed by atoms with Gasteiger partial charge in [-0.15, -0.1) is 0 Å². The summed E-state index contributed by atoms with van der Waals surface area (Å²) in [5.41, 5.74) is 2.41. The summed E-state index contributed by atoms with van der Waals surface area (Å²) in [6, 6.07) is 3.85. The fraction of sp³-hybridized carbons (Fsp3) is 0.385. The quantitative estimate of drug-likeness (QED) is 0.807. The lowest BCUT2D eigenvalue weighted by atomic mass is 9.84. The second-order valence-corrected chi connectivity index (χ2v) is 5.00. The average molecular weight is 265 g/mol. The van der Waals surface area contributed by atoms with Crippen molar-refractivity contribution >= 4 is 11.7 Å². The molecule has 102 valence electrons. The van der Waals surface area contributed by atoms with Gasteiger partial charge in [-0.1, -0.05) is 20.8 Å². The highest BCUT2D eigenvalue weighted by Crippen LogP contribution is 2.32. The van der Waals surface area contributed by atoms with E-state index in [0.29, 0.717) is 5.56 Å². The minimum atomic E-state index is -0.684. The molecule has 1 aromatic rings. The maximum absolute atomic E-state index is 14.0. The van der Waals surface area contributed by atoms with Crippen LogP contribution in [0.4, 0.5) is 14.9 Å². The molecule has 0 saturated heterocycles. The SMILES string of the molecule is CONC(=O)Nc1c(F)cc(C#N)cc1C(C)(C)C. The molecule has 0 aliphatic rings. The standard InChI is InChI=1S/C13H16FN3O2/c1-13(2,3)9-5-8(7-15)6-10(14)11(9)16-12(18)17-19-4/h5-6H,1-4H3,(H2,16,17,18). The first-order valence-corrected chi connectivity index (χ1v) is 5.63. The topological polar surface area (TPSA) is 74.2 Å². The monoisotopic (exact) mass is 265 g/mol. The van der Waals surface area contributed by atoms with Crippen LogP contribution < -0.4 is 10.8 Å². The van der Waals surface area contributed by atoms with Crippen LogP contribution in [-0.4, -0.2) is 13.1 Å². The maximum Gasteiger partial charge on any atom is 0.343 e. The molecule has 6 heteroatoms. The smallest absolute Gasteiger partial charge is 0.303 e. The third-order valence-electron chi connectivity index (χ3n) is 2.46. The number of urea groups is 1. The van der Waals surface area contributed by atoms with E-state index in [4.69, 9.17) is 5.26 Å². The highest BCUT2D eigenvalue weighted by molar-refractivity contribution is 5.90. The van der Waals surface area contributed by atoms with Crippen LogP contribution in [0.5, 0.6) is 0 Å². The Morgan fingerprint density at radius 3 is 2.53 bits per heavy atom. The Hall–Kier alpha value is -2.13. The molecular weight excluding hydrogens is 249 g/mol. The van der Waals surface area contributed by atoms with Crippen molar-refractivity contribution in [1.29, 1.82) is 5.26 Å². The number of amides is 2. The van der Waals surface area contributed by atoms with Crippen molar-refractivity contribution < 1.29 is 14.0 Å². The first-order valence-electron chi connectivity index (χ1n) is 5.63. The highest BCUT2D eigenvalue weighted by atomic mass is 19.1. The average Bonchev–Trinajstić information content (AvgIpc) is 2.30. The van der Waals surface area contributed by atoms with Crippen molar-refractivity contribution in [2.75, 3.05) is 12.4 Å². The normalized spacial score (nSPS) is 10.7. The number of nitrogens with one attached hydrogen (secondary N) is 2. The lowest BCUT2D eigenvalue weighted by Crippen LogP contribution is -2.29. The number of nitrogens with zero attached hydrogens (tertiary/aromatic N) is 1. The molecule has 0 aliphatic heterocycles. The molecule has 0 radical (unpaired) electrons. The van der Waals surface area contributed by atoms with E-state index >= 15 is 0 Å². The number of carbonyl (C=O) groups excluding carboxylic acids is 1. The number of halogens is 1. The summed E-state index contributed by atoms with van der Waals surface area (Å²) in [4.78, 5) is 15.9. The van der Waals surface area contributed by atoms with E-state index in [1.165, 1.54) is 7.11 Å². The molecule has 1 aromatic carbocycles. The van der Waals surface area contributed by atoms with Gasteiger partial charge in [-0.25, -0.2) is 14.7 Å². The Morgan fingerprint density at radius 1 is 1.42 bits per heavy atom. The van der Waals surface area contributed by atoms with E-state index in [2.05, 4.69) is 10.2 Å². The molecule has 0 spiro atoms. The molecule has 0 fully saturated rings. The Kier molecular flexibility index (Phi) is 4.46. The number of hydrogen-bond donors (Lipinski definition) is 2. The van der Waals surface area contributed by atoms with Gasteiger partial charge in [0.25, 0.3) is 0 Å².